The third-order valence-corrected chi connectivity index (χ3v) is 21.6. The number of hydrogen-bond donors (Lipinski definition) is 24. The number of carbonyl (C=O) groups excluding carboxylic acids is 15. The number of nitrogens with zero attached hydrogens (tertiary/aromatic N) is 3. The van der Waals surface area contributed by atoms with Gasteiger partial charge in [-0.05, 0) is 123 Å². The van der Waals surface area contributed by atoms with Gasteiger partial charge in [-0.2, -0.15) is 0 Å². The SMILES string of the molecule is CC(C)C[C@H](NC(=O)CNC(=O)[C@@H]1CCCN1C(=O)[C@H](CCCNC(=N)N)NC(=O)[C@H](CC(C)C)NC(=O)[C@@H](Cc1c[nH]c2ccccc12)NC(=O)[C@H](Cc1ccc(O)cc1)NC(=O)[C@H](CO)NC(=O)[C@H](Cc1c[nH]c2ccccc12)NC(=O)[C@H](Cc1c[nH]cn1)NC(=O)[C@@H]1CCC(=O)N1)C(=O)N[C@@H](CCCNC(=N)N)C(=O)N1CCC[C@H]1C(=O)NCC(N)=O. The van der Waals surface area contributed by atoms with Crippen LogP contribution in [0.5, 0.6) is 5.75 Å². The highest BCUT2D eigenvalue weighted by Gasteiger charge is 2.43. The van der Waals surface area contributed by atoms with E-state index in [-0.39, 0.29) is 151 Å². The molecule has 0 bridgehead atoms. The molecule has 6 aromatic rings. The van der Waals surface area contributed by atoms with Crippen LogP contribution in [0.4, 0.5) is 0 Å². The zero-order valence-electron chi connectivity index (χ0n) is 70.2. The summed E-state index contributed by atoms with van der Waals surface area (Å²) in [7, 11) is 0. The van der Waals surface area contributed by atoms with Gasteiger partial charge >= 0.3 is 0 Å². The number of hydrogen-bond acceptors (Lipinski definition) is 20. The van der Waals surface area contributed by atoms with Gasteiger partial charge in [0.05, 0.1) is 31.7 Å². The number of phenols is 1. The minimum atomic E-state index is -1.85. The summed E-state index contributed by atoms with van der Waals surface area (Å²) in [5.74, 6) is -13.3. The number of aliphatic hydroxyl groups is 1. The first-order chi connectivity index (χ1) is 59.7. The van der Waals surface area contributed by atoms with Gasteiger partial charge in [0.2, 0.25) is 88.6 Å². The fourth-order valence-corrected chi connectivity index (χ4v) is 15.3. The number of para-hydroxylation sites is 2. The summed E-state index contributed by atoms with van der Waals surface area (Å²) < 4.78 is 0. The van der Waals surface area contributed by atoms with E-state index in [9.17, 15) is 63.0 Å². The largest absolute Gasteiger partial charge is 0.508 e. The summed E-state index contributed by atoms with van der Waals surface area (Å²) >= 11 is 0. The van der Waals surface area contributed by atoms with Crippen molar-refractivity contribution in [2.45, 2.75) is 203 Å². The second-order valence-electron chi connectivity index (χ2n) is 32.2. The molecule has 12 atom stereocenters. The molecule has 9 rings (SSSR count). The molecule has 0 aliphatic carbocycles. The van der Waals surface area contributed by atoms with Crippen LogP contribution in [0.3, 0.4) is 0 Å². The number of guanidine groups is 2. The van der Waals surface area contributed by atoms with Crippen molar-refractivity contribution in [1.29, 1.82) is 10.8 Å². The number of H-pyrrole nitrogens is 3. The highest BCUT2D eigenvalue weighted by Crippen LogP contribution is 2.26. The summed E-state index contributed by atoms with van der Waals surface area (Å²) in [4.78, 5) is 228. The zero-order chi connectivity index (χ0) is 90.6. The molecular formula is C83H115N25O17. The van der Waals surface area contributed by atoms with Crippen molar-refractivity contribution in [2.75, 3.05) is 45.9 Å². The minimum Gasteiger partial charge on any atom is -0.508 e. The standard InChI is InChI=1S/C83H115N25O17/c1-44(2)31-58(71(115)99-56(17-9-27-90-82(85)86)80(124)107-29-11-19-65(107)78(122)94-40-67(84)111)98-69(113)41-95-79(123)66-20-12-30-108(66)81(125)57(18-10-28-91-83(87)88)100-72(116)59(32-45(3)4)101-74(118)61(34-47-37-92-53-15-7-5-13-51(47)53)103-73(117)60(33-46-21-23-50(110)24-22-46)102-77(121)64(42-109)106-75(119)62(35-48-38-93-54-16-8-6-14-52(48)54)104-76(120)63(36-49-39-89-43-96-49)105-70(114)55-25-26-68(112)97-55/h5-8,13-16,21-24,37-39,43-45,55-66,92-93,109-110H,9-12,17-20,25-36,40-42H2,1-4H3,(H2,84,111)(H,89,96)(H,94,122)(H,95,123)(H,97,112)(H,98,113)(H,99,115)(H,100,116)(H,101,118)(H,102,121)(H,103,117)(H,104,120)(H,105,114)(H,106,119)(H4,85,86,90)(H4,87,88,91)/t55-,56-,57-,58-,59-,60-,61+,62-,63-,64-,65-,66-/m0/s1. The van der Waals surface area contributed by atoms with Crippen molar-refractivity contribution < 1.29 is 82.1 Å². The summed E-state index contributed by atoms with van der Waals surface area (Å²) in [6, 6.07) is 3.33. The smallest absolute Gasteiger partial charge is 0.245 e. The topological polar surface area (TPSA) is 657 Å². The molecule has 0 saturated carbocycles. The molecular weight excluding hydrogens is 1620 g/mol. The summed E-state index contributed by atoms with van der Waals surface area (Å²) in [5.41, 5.74) is 19.5. The van der Waals surface area contributed by atoms with Crippen molar-refractivity contribution in [1.82, 2.24) is 104 Å². The van der Waals surface area contributed by atoms with Gasteiger partial charge in [0, 0.05) is 98.7 Å². The first-order valence-corrected chi connectivity index (χ1v) is 41.8. The Morgan fingerprint density at radius 1 is 0.496 bits per heavy atom. The van der Waals surface area contributed by atoms with Crippen LogP contribution in [0.25, 0.3) is 21.8 Å². The second-order valence-corrected chi connectivity index (χ2v) is 32.2. The molecule has 6 heterocycles. The molecule has 674 valence electrons. The van der Waals surface area contributed by atoms with Crippen molar-refractivity contribution in [2.24, 2.45) is 29.0 Å². The van der Waals surface area contributed by atoms with Crippen molar-refractivity contribution in [3.8, 4) is 5.75 Å². The number of phenolic OH excluding ortho intramolecular Hbond substituents is 1. The van der Waals surface area contributed by atoms with Gasteiger partial charge in [-0.3, -0.25) is 82.7 Å². The maximum atomic E-state index is 15.4. The molecule has 3 aliphatic heterocycles. The number of nitrogens with one attached hydrogen (secondary N) is 19. The summed E-state index contributed by atoms with van der Waals surface area (Å²) in [6.07, 6.45) is 6.72. The van der Waals surface area contributed by atoms with Crippen LogP contribution in [0, 0.1) is 22.7 Å². The maximum absolute atomic E-state index is 15.4. The highest BCUT2D eigenvalue weighted by molar-refractivity contribution is 6.01. The van der Waals surface area contributed by atoms with Crippen LogP contribution in [-0.4, -0.2) is 259 Å². The molecule has 42 heteroatoms. The molecule has 0 unspecified atom stereocenters. The van der Waals surface area contributed by atoms with E-state index in [1.807, 2.05) is 0 Å². The Kier molecular flexibility index (Phi) is 35.0. The number of aliphatic hydroxyl groups excluding tert-OH is 1. The van der Waals surface area contributed by atoms with Gasteiger partial charge in [0.25, 0.3) is 0 Å². The van der Waals surface area contributed by atoms with Crippen LogP contribution >= 0.6 is 0 Å². The van der Waals surface area contributed by atoms with Gasteiger partial charge in [-0.1, -0.05) is 76.2 Å². The molecule has 3 fully saturated rings. The minimum absolute atomic E-state index is 0.00972. The van der Waals surface area contributed by atoms with Gasteiger partial charge in [0.1, 0.15) is 78.3 Å². The predicted octanol–water partition coefficient (Wildman–Crippen LogP) is -3.70. The number of imidazole rings is 1. The Morgan fingerprint density at radius 3 is 1.38 bits per heavy atom. The number of amides is 15. The maximum Gasteiger partial charge on any atom is 0.245 e. The van der Waals surface area contributed by atoms with Crippen molar-refractivity contribution in [3.63, 3.8) is 0 Å². The number of aromatic amines is 3. The van der Waals surface area contributed by atoms with Crippen molar-refractivity contribution in [3.05, 3.63) is 120 Å². The number of fused-ring (bicyclic) bond motifs is 2. The molecule has 0 spiro atoms. The highest BCUT2D eigenvalue weighted by atomic mass is 16.3. The average molecular weight is 1730 g/mol. The third kappa shape index (κ3) is 28.2. The lowest BCUT2D eigenvalue weighted by molar-refractivity contribution is -0.142. The molecule has 3 aromatic heterocycles. The number of primary amides is 1. The van der Waals surface area contributed by atoms with Crippen LogP contribution in [-0.2, 0) is 97.6 Å². The van der Waals surface area contributed by atoms with Gasteiger partial charge in [-0.15, -0.1) is 0 Å². The van der Waals surface area contributed by atoms with Crippen LogP contribution in [0.2, 0.25) is 0 Å². The molecule has 27 N–H and O–H groups in total. The third-order valence-electron chi connectivity index (χ3n) is 21.6. The number of benzene rings is 3. The molecule has 15 amide bonds. The average Bonchev–Trinajstić information content (AvgIpc) is 1.76. The van der Waals surface area contributed by atoms with Crippen LogP contribution in [0.15, 0.2) is 97.7 Å². The number of aromatic nitrogens is 4. The number of aromatic hydroxyl groups is 1. The van der Waals surface area contributed by atoms with Gasteiger partial charge in [-0.25, -0.2) is 4.98 Å². The van der Waals surface area contributed by atoms with Gasteiger partial charge < -0.3 is 127 Å². The Hall–Kier alpha value is -13.7. The van der Waals surface area contributed by atoms with E-state index in [0.29, 0.717) is 57.0 Å². The Morgan fingerprint density at radius 2 is 0.928 bits per heavy atom. The van der Waals surface area contributed by atoms with Crippen LogP contribution in [0.1, 0.15) is 127 Å². The van der Waals surface area contributed by atoms with Gasteiger partial charge in [0.15, 0.2) is 11.9 Å². The lowest BCUT2D eigenvalue weighted by Crippen LogP contribution is -2.61. The molecule has 3 aromatic carbocycles. The fraction of sp³-hybridized carbons (Fsp3) is 0.494. The first-order valence-electron chi connectivity index (χ1n) is 41.8. The zero-order valence-corrected chi connectivity index (χ0v) is 70.2. The molecule has 125 heavy (non-hydrogen) atoms. The Balaban J connectivity index is 0.914. The normalized spacial score (nSPS) is 17.0. The van der Waals surface area contributed by atoms with Crippen LogP contribution < -0.4 is 91.6 Å². The van der Waals surface area contributed by atoms with E-state index in [1.54, 1.807) is 88.6 Å². The molecule has 3 aliphatic rings. The lowest BCUT2D eigenvalue weighted by Gasteiger charge is -2.31. The van der Waals surface area contributed by atoms with E-state index < -0.39 is 175 Å². The number of rotatable bonds is 46. The Bertz CT molecular complexity index is 4840. The second kappa shape index (κ2) is 46.0. The lowest BCUT2D eigenvalue weighted by atomic mass is 9.99. The molecule has 42 nitrogen and oxygen atoms in total. The van der Waals surface area contributed by atoms with E-state index >= 15 is 19.2 Å². The molecule has 0 radical (unpaired) electrons. The fourth-order valence-electron chi connectivity index (χ4n) is 15.3. The summed E-state index contributed by atoms with van der Waals surface area (Å²) in [6.45, 7) is 5.26. The van der Waals surface area contributed by atoms with Crippen molar-refractivity contribution >= 4 is 122 Å². The quantitative estimate of drug-likeness (QED) is 0.00993. The first kappa shape index (κ1) is 95.1. The number of likely N-dealkylation sites (tertiary alicyclic amines) is 2. The number of nitrogens with two attached hydrogens (primary N) is 3. The summed E-state index contributed by atoms with van der Waals surface area (Å²) in [5, 5.41) is 75.3. The Labute approximate surface area is 720 Å². The monoisotopic (exact) mass is 1730 g/mol. The predicted molar refractivity (Wildman–Crippen MR) is 456 cm³/mol. The molecule has 3 saturated heterocycles. The van der Waals surface area contributed by atoms with E-state index in [4.69, 9.17) is 28.0 Å². The van der Waals surface area contributed by atoms with E-state index in [2.05, 4.69) is 94.4 Å². The number of carbonyl (C=O) groups is 15. The van der Waals surface area contributed by atoms with E-state index in [1.165, 1.54) is 46.6 Å². The van der Waals surface area contributed by atoms with E-state index in [0.717, 1.165) is 0 Å².